The van der Waals surface area contributed by atoms with E-state index in [0.717, 1.165) is 12.8 Å². The first-order chi connectivity index (χ1) is 13.4. The first kappa shape index (κ1) is 24.1. The summed E-state index contributed by atoms with van der Waals surface area (Å²) in [7, 11) is 0. The van der Waals surface area contributed by atoms with Gasteiger partial charge >= 0.3 is 5.97 Å². The molecule has 0 aromatic rings. The largest absolute Gasteiger partial charge is 0.481 e. The first-order valence-electron chi connectivity index (χ1n) is 11.0. The summed E-state index contributed by atoms with van der Waals surface area (Å²) in [4.78, 5) is 22.0. The van der Waals surface area contributed by atoms with Gasteiger partial charge in [-0.15, -0.1) is 0 Å². The summed E-state index contributed by atoms with van der Waals surface area (Å²) in [5.41, 5.74) is 1.86. The van der Waals surface area contributed by atoms with Gasteiger partial charge in [0.15, 0.2) is 0 Å². The molecule has 0 saturated carbocycles. The summed E-state index contributed by atoms with van der Waals surface area (Å²) in [5, 5.41) is 20.0. The summed E-state index contributed by atoms with van der Waals surface area (Å²) < 4.78 is 0. The predicted molar refractivity (Wildman–Crippen MR) is 114 cm³/mol. The maximum atomic E-state index is 11.1. The first-order valence-corrected chi connectivity index (χ1v) is 11.0. The van der Waals surface area contributed by atoms with Crippen molar-refractivity contribution in [2.75, 3.05) is 0 Å². The van der Waals surface area contributed by atoms with Crippen molar-refractivity contribution in [3.63, 3.8) is 0 Å². The van der Waals surface area contributed by atoms with Crippen molar-refractivity contribution in [2.24, 2.45) is 11.3 Å². The van der Waals surface area contributed by atoms with Crippen molar-refractivity contribution in [3.8, 4) is 0 Å². The van der Waals surface area contributed by atoms with Crippen LogP contribution in [0.3, 0.4) is 0 Å². The molecule has 0 unspecified atom stereocenters. The average Bonchev–Trinajstić information content (AvgIpc) is 2.60. The molecule has 2 rings (SSSR count). The fourth-order valence-corrected chi connectivity index (χ4v) is 4.59. The number of aliphatic carboxylic acids is 1. The lowest BCUT2D eigenvalue weighted by molar-refractivity contribution is -0.409. The summed E-state index contributed by atoms with van der Waals surface area (Å²) in [5.74, 6) is -1.46. The van der Waals surface area contributed by atoms with Crippen LogP contribution in [0.15, 0.2) is 23.3 Å². The average molecular weight is 409 g/mol. The van der Waals surface area contributed by atoms with E-state index in [0.29, 0.717) is 19.3 Å². The highest BCUT2D eigenvalue weighted by Gasteiger charge is 2.37. The van der Waals surface area contributed by atoms with Gasteiger partial charge in [0, 0.05) is 0 Å². The van der Waals surface area contributed by atoms with Crippen LogP contribution in [0.5, 0.6) is 0 Å². The van der Waals surface area contributed by atoms with Crippen LogP contribution in [0.1, 0.15) is 92.9 Å². The molecule has 1 saturated heterocycles. The van der Waals surface area contributed by atoms with Crippen molar-refractivity contribution in [3.05, 3.63) is 23.3 Å². The quantitative estimate of drug-likeness (QED) is 0.405. The van der Waals surface area contributed by atoms with Crippen LogP contribution in [0.4, 0.5) is 0 Å². The number of hydrogen-bond acceptors (Lipinski definition) is 4. The maximum Gasteiger partial charge on any atom is 0.308 e. The topological polar surface area (TPSA) is 76.0 Å². The van der Waals surface area contributed by atoms with Crippen LogP contribution >= 0.6 is 0 Å². The number of rotatable bonds is 8. The minimum Gasteiger partial charge on any atom is -0.481 e. The summed E-state index contributed by atoms with van der Waals surface area (Å²) in [6.45, 7) is 12.3. The second-order valence-electron chi connectivity index (χ2n) is 10.3. The van der Waals surface area contributed by atoms with Crippen LogP contribution in [-0.4, -0.2) is 33.5 Å². The predicted octanol–water partition coefficient (Wildman–Crippen LogP) is 5.58. The van der Waals surface area contributed by atoms with E-state index in [1.165, 1.54) is 30.4 Å². The lowest BCUT2D eigenvalue weighted by Crippen LogP contribution is -2.41. The molecule has 0 bridgehead atoms. The SMILES string of the molecule is CC1=C(CC[C@](C)(O)/C=C/C[C@@]2(C)CC[C@H]([C@H](C)C(=O)O)OO2)C(C)(C)CCC1. The fraction of sp³-hybridized carbons (Fsp3) is 0.792. The van der Waals surface area contributed by atoms with Crippen LogP contribution < -0.4 is 0 Å². The third-order valence-electron chi connectivity index (χ3n) is 6.87. The molecule has 2 aliphatic rings. The summed E-state index contributed by atoms with van der Waals surface area (Å²) in [6.07, 6.45) is 10.7. The summed E-state index contributed by atoms with van der Waals surface area (Å²) >= 11 is 0. The second-order valence-corrected chi connectivity index (χ2v) is 10.3. The van der Waals surface area contributed by atoms with Crippen molar-refractivity contribution in [2.45, 2.75) is 110 Å². The standard InChI is InChI=1S/C24H40O5/c1-17-9-7-12-22(3,4)19(17)10-15-23(5,27)13-8-14-24(6)16-11-20(28-29-24)18(2)21(25)26/h8,13,18,20,27H,7,9-12,14-16H2,1-6H3,(H,25,26)/b13-8+/t18-,20+,23+,24-/m0/s1. The Hall–Kier alpha value is -1.17. The number of aliphatic hydroxyl groups is 1. The Morgan fingerprint density at radius 2 is 2.03 bits per heavy atom. The van der Waals surface area contributed by atoms with Crippen LogP contribution in [0, 0.1) is 11.3 Å². The Morgan fingerprint density at radius 1 is 1.34 bits per heavy atom. The number of hydrogen-bond donors (Lipinski definition) is 2. The van der Waals surface area contributed by atoms with Gasteiger partial charge in [0.25, 0.3) is 0 Å². The van der Waals surface area contributed by atoms with Gasteiger partial charge < -0.3 is 10.2 Å². The molecule has 166 valence electrons. The van der Waals surface area contributed by atoms with Gasteiger partial charge in [-0.3, -0.25) is 4.79 Å². The molecule has 5 nitrogen and oxygen atoms in total. The number of allylic oxidation sites excluding steroid dienone is 2. The highest BCUT2D eigenvalue weighted by molar-refractivity contribution is 5.70. The lowest BCUT2D eigenvalue weighted by atomic mass is 9.70. The zero-order valence-corrected chi connectivity index (χ0v) is 19.1. The molecule has 0 radical (unpaired) electrons. The van der Waals surface area contributed by atoms with Gasteiger partial charge in [-0.25, -0.2) is 9.78 Å². The molecule has 0 spiro atoms. The molecule has 0 aromatic carbocycles. The van der Waals surface area contributed by atoms with Crippen molar-refractivity contribution < 1.29 is 24.8 Å². The smallest absolute Gasteiger partial charge is 0.308 e. The van der Waals surface area contributed by atoms with E-state index in [-0.39, 0.29) is 5.41 Å². The normalized spacial score (nSPS) is 30.9. The maximum absolute atomic E-state index is 11.1. The van der Waals surface area contributed by atoms with Gasteiger partial charge in [0.2, 0.25) is 0 Å². The zero-order valence-electron chi connectivity index (χ0n) is 19.1. The molecule has 1 heterocycles. The van der Waals surface area contributed by atoms with Crippen LogP contribution in [-0.2, 0) is 14.6 Å². The van der Waals surface area contributed by atoms with E-state index >= 15 is 0 Å². The number of carboxylic acids is 1. The molecule has 1 fully saturated rings. The Kier molecular flexibility index (Phi) is 7.74. The van der Waals surface area contributed by atoms with Gasteiger partial charge in [-0.1, -0.05) is 37.1 Å². The Balaban J connectivity index is 1.86. The molecular weight excluding hydrogens is 368 g/mol. The van der Waals surface area contributed by atoms with E-state index in [1.54, 1.807) is 6.92 Å². The van der Waals surface area contributed by atoms with Crippen molar-refractivity contribution in [1.29, 1.82) is 0 Å². The molecule has 2 N–H and O–H groups in total. The third kappa shape index (κ3) is 6.66. The van der Waals surface area contributed by atoms with E-state index < -0.39 is 29.2 Å². The molecule has 1 aliphatic carbocycles. The van der Waals surface area contributed by atoms with E-state index in [4.69, 9.17) is 14.9 Å². The van der Waals surface area contributed by atoms with Gasteiger partial charge in [-0.2, -0.15) is 0 Å². The van der Waals surface area contributed by atoms with E-state index in [2.05, 4.69) is 20.8 Å². The number of carboxylic acid groups (broad SMARTS) is 1. The van der Waals surface area contributed by atoms with Crippen molar-refractivity contribution in [1.82, 2.24) is 0 Å². The minimum absolute atomic E-state index is 0.229. The molecule has 0 amide bonds. The molecule has 4 atom stereocenters. The number of carbonyl (C=O) groups is 1. The third-order valence-corrected chi connectivity index (χ3v) is 6.87. The fourth-order valence-electron chi connectivity index (χ4n) is 4.59. The molecule has 1 aliphatic heterocycles. The minimum atomic E-state index is -0.871. The Labute approximate surface area is 176 Å². The van der Waals surface area contributed by atoms with Crippen LogP contribution in [0.2, 0.25) is 0 Å². The van der Waals surface area contributed by atoms with Gasteiger partial charge in [0.1, 0.15) is 11.7 Å². The Morgan fingerprint density at radius 3 is 2.59 bits per heavy atom. The lowest BCUT2D eigenvalue weighted by Gasteiger charge is -2.37. The van der Waals surface area contributed by atoms with Crippen LogP contribution in [0.25, 0.3) is 0 Å². The molecule has 0 aromatic heterocycles. The Bertz CT molecular complexity index is 636. The zero-order chi connectivity index (χ0) is 21.9. The molecule has 29 heavy (non-hydrogen) atoms. The summed E-state index contributed by atoms with van der Waals surface area (Å²) in [6, 6.07) is 0. The molecule has 5 heteroatoms. The second kappa shape index (κ2) is 9.32. The van der Waals surface area contributed by atoms with Crippen molar-refractivity contribution >= 4 is 5.97 Å². The monoisotopic (exact) mass is 408 g/mol. The molecular formula is C24H40O5. The van der Waals surface area contributed by atoms with Gasteiger partial charge in [0.05, 0.1) is 11.5 Å². The van der Waals surface area contributed by atoms with Gasteiger partial charge in [-0.05, 0) is 84.5 Å². The highest BCUT2D eigenvalue weighted by atomic mass is 17.2. The highest BCUT2D eigenvalue weighted by Crippen LogP contribution is 2.43. The van der Waals surface area contributed by atoms with E-state index in [9.17, 15) is 9.90 Å². The van der Waals surface area contributed by atoms with E-state index in [1.807, 2.05) is 26.0 Å².